The van der Waals surface area contributed by atoms with E-state index in [1.54, 1.807) is 72.8 Å². The summed E-state index contributed by atoms with van der Waals surface area (Å²) >= 11 is 0. The van der Waals surface area contributed by atoms with Crippen LogP contribution in [0.3, 0.4) is 0 Å². The van der Waals surface area contributed by atoms with Crippen LogP contribution in [0.15, 0.2) is 102 Å². The molecule has 3 aromatic carbocycles. The van der Waals surface area contributed by atoms with Crippen molar-refractivity contribution in [3.05, 3.63) is 119 Å². The van der Waals surface area contributed by atoms with Crippen molar-refractivity contribution in [2.24, 2.45) is 0 Å². The fraction of sp³-hybridized carbons (Fsp3) is 0.148. The van der Waals surface area contributed by atoms with Gasteiger partial charge in [-0.25, -0.2) is 0 Å². The molecule has 4 rings (SSSR count). The minimum absolute atomic E-state index is 0.0619. The first-order valence-electron chi connectivity index (χ1n) is 10.5. The normalized spacial score (nSPS) is 13.0. The van der Waals surface area contributed by atoms with Gasteiger partial charge in [0.05, 0.1) is 5.57 Å². The van der Waals surface area contributed by atoms with Crippen molar-refractivity contribution in [3.8, 4) is 0 Å². The van der Waals surface area contributed by atoms with Gasteiger partial charge in [0.25, 0.3) is 0 Å². The highest BCUT2D eigenvalue weighted by molar-refractivity contribution is 6.34. The topological polar surface area (TPSA) is 54.5 Å². The molecule has 4 heteroatoms. The fourth-order valence-corrected chi connectivity index (χ4v) is 3.87. The second kappa shape index (κ2) is 9.35. The van der Waals surface area contributed by atoms with E-state index in [2.05, 4.69) is 0 Å². The van der Waals surface area contributed by atoms with Gasteiger partial charge < -0.3 is 4.90 Å². The van der Waals surface area contributed by atoms with Gasteiger partial charge in [0, 0.05) is 29.8 Å². The predicted molar refractivity (Wildman–Crippen MR) is 120 cm³/mol. The third-order valence-electron chi connectivity index (χ3n) is 5.44. The average molecular weight is 409 g/mol. The lowest BCUT2D eigenvalue weighted by molar-refractivity contribution is 0.0924. The summed E-state index contributed by atoms with van der Waals surface area (Å²) in [5.74, 6) is -1.16. The molecule has 0 unspecified atom stereocenters. The average Bonchev–Trinajstić information content (AvgIpc) is 3.37. The van der Waals surface area contributed by atoms with Crippen LogP contribution >= 0.6 is 0 Å². The van der Waals surface area contributed by atoms with Crippen molar-refractivity contribution in [1.29, 1.82) is 0 Å². The Morgan fingerprint density at radius 1 is 0.516 bits per heavy atom. The van der Waals surface area contributed by atoms with Crippen LogP contribution in [0.1, 0.15) is 43.9 Å². The van der Waals surface area contributed by atoms with Crippen LogP contribution in [0.25, 0.3) is 0 Å². The summed E-state index contributed by atoms with van der Waals surface area (Å²) in [5.41, 5.74) is 1.38. The third-order valence-corrected chi connectivity index (χ3v) is 5.44. The van der Waals surface area contributed by atoms with Gasteiger partial charge in [0.1, 0.15) is 5.70 Å². The van der Waals surface area contributed by atoms with E-state index in [1.165, 1.54) is 0 Å². The Hall–Kier alpha value is -3.79. The van der Waals surface area contributed by atoms with Gasteiger partial charge in [0.15, 0.2) is 11.6 Å². The number of allylic oxidation sites excluding steroid dienone is 2. The maximum Gasteiger partial charge on any atom is 0.209 e. The van der Waals surface area contributed by atoms with Gasteiger partial charge in [-0.1, -0.05) is 91.0 Å². The molecule has 4 nitrogen and oxygen atoms in total. The Kier molecular flexibility index (Phi) is 6.18. The van der Waals surface area contributed by atoms with Crippen molar-refractivity contribution < 1.29 is 14.4 Å². The number of likely N-dealkylation sites (tertiary alicyclic amines) is 1. The lowest BCUT2D eigenvalue weighted by Gasteiger charge is -2.24. The SMILES string of the molecule is O=C(C(C(=O)c1ccccc1)=C(C(=O)c1ccccc1)N1CCCC1)c1ccccc1. The minimum atomic E-state index is -0.430. The van der Waals surface area contributed by atoms with Crippen molar-refractivity contribution >= 4 is 17.3 Å². The quantitative estimate of drug-likeness (QED) is 0.239. The zero-order valence-electron chi connectivity index (χ0n) is 17.2. The molecule has 0 spiro atoms. The summed E-state index contributed by atoms with van der Waals surface area (Å²) in [6.07, 6.45) is 1.83. The molecule has 0 radical (unpaired) electrons. The van der Waals surface area contributed by atoms with Crippen LogP contribution < -0.4 is 0 Å². The van der Waals surface area contributed by atoms with E-state index in [0.717, 1.165) is 12.8 Å². The van der Waals surface area contributed by atoms with Gasteiger partial charge >= 0.3 is 0 Å². The van der Waals surface area contributed by atoms with Gasteiger partial charge in [0.2, 0.25) is 5.78 Å². The standard InChI is InChI=1S/C27H23NO3/c29-25(20-12-4-1-5-13-20)23(26(30)21-14-6-2-7-15-21)24(28-18-10-11-19-28)27(31)22-16-8-3-9-17-22/h1-9,12-17H,10-11,18-19H2. The number of Topliss-reactive ketones (excluding diaryl/α,β-unsaturated/α-hetero) is 3. The highest BCUT2D eigenvalue weighted by Gasteiger charge is 2.33. The van der Waals surface area contributed by atoms with Crippen LogP contribution in [0.2, 0.25) is 0 Å². The summed E-state index contributed by atoms with van der Waals surface area (Å²) in [7, 11) is 0. The van der Waals surface area contributed by atoms with Crippen molar-refractivity contribution in [2.75, 3.05) is 13.1 Å². The Morgan fingerprint density at radius 2 is 0.871 bits per heavy atom. The molecule has 0 N–H and O–H groups in total. The number of ketones is 3. The van der Waals surface area contributed by atoms with E-state index in [4.69, 9.17) is 0 Å². The number of carbonyl (C=O) groups excluding carboxylic acids is 3. The molecule has 1 fully saturated rings. The molecular formula is C27H23NO3. The lowest BCUT2D eigenvalue weighted by atomic mass is 9.91. The first-order chi connectivity index (χ1) is 15.2. The Labute approximate surface area is 181 Å². The molecule has 1 saturated heterocycles. The van der Waals surface area contributed by atoms with E-state index in [-0.39, 0.29) is 17.1 Å². The number of carbonyl (C=O) groups is 3. The highest BCUT2D eigenvalue weighted by Crippen LogP contribution is 2.27. The zero-order chi connectivity index (χ0) is 21.6. The molecule has 0 amide bonds. The van der Waals surface area contributed by atoms with E-state index in [9.17, 15) is 14.4 Å². The van der Waals surface area contributed by atoms with Crippen LogP contribution in [-0.2, 0) is 0 Å². The number of nitrogens with zero attached hydrogens (tertiary/aromatic N) is 1. The Balaban J connectivity index is 1.94. The minimum Gasteiger partial charge on any atom is -0.368 e. The van der Waals surface area contributed by atoms with Gasteiger partial charge in [-0.2, -0.15) is 0 Å². The summed E-state index contributed by atoms with van der Waals surface area (Å²) < 4.78 is 0. The van der Waals surface area contributed by atoms with E-state index < -0.39 is 11.6 Å². The zero-order valence-corrected chi connectivity index (χ0v) is 17.2. The molecular weight excluding hydrogens is 386 g/mol. The number of benzene rings is 3. The van der Waals surface area contributed by atoms with Crippen LogP contribution in [-0.4, -0.2) is 35.3 Å². The number of hydrogen-bond acceptors (Lipinski definition) is 4. The summed E-state index contributed by atoms with van der Waals surface area (Å²) in [6.45, 7) is 1.28. The van der Waals surface area contributed by atoms with Gasteiger partial charge in [-0.05, 0) is 12.8 Å². The molecule has 0 atom stereocenters. The highest BCUT2D eigenvalue weighted by atomic mass is 16.2. The molecule has 1 aliphatic rings. The first-order valence-corrected chi connectivity index (χ1v) is 10.5. The van der Waals surface area contributed by atoms with Gasteiger partial charge in [-0.15, -0.1) is 0 Å². The smallest absolute Gasteiger partial charge is 0.209 e. The molecule has 0 bridgehead atoms. The molecule has 1 aliphatic heterocycles. The van der Waals surface area contributed by atoms with Gasteiger partial charge in [-0.3, -0.25) is 14.4 Å². The van der Waals surface area contributed by atoms with Crippen LogP contribution in [0.5, 0.6) is 0 Å². The fourth-order valence-electron chi connectivity index (χ4n) is 3.87. The molecule has 0 saturated carbocycles. The van der Waals surface area contributed by atoms with Crippen molar-refractivity contribution in [2.45, 2.75) is 12.8 Å². The lowest BCUT2D eigenvalue weighted by Crippen LogP contribution is -2.31. The molecule has 3 aromatic rings. The maximum absolute atomic E-state index is 13.6. The van der Waals surface area contributed by atoms with Crippen molar-refractivity contribution in [3.63, 3.8) is 0 Å². The summed E-state index contributed by atoms with van der Waals surface area (Å²) in [4.78, 5) is 42.8. The first kappa shape index (κ1) is 20.5. The molecule has 31 heavy (non-hydrogen) atoms. The van der Waals surface area contributed by atoms with Crippen molar-refractivity contribution in [1.82, 2.24) is 4.90 Å². The summed E-state index contributed by atoms with van der Waals surface area (Å²) in [6, 6.07) is 26.2. The van der Waals surface area contributed by atoms with E-state index in [1.807, 2.05) is 23.1 Å². The number of rotatable bonds is 7. The molecule has 1 heterocycles. The van der Waals surface area contributed by atoms with Crippen LogP contribution in [0.4, 0.5) is 0 Å². The van der Waals surface area contributed by atoms with E-state index in [0.29, 0.717) is 29.8 Å². The van der Waals surface area contributed by atoms with Crippen LogP contribution in [0, 0.1) is 0 Å². The monoisotopic (exact) mass is 409 g/mol. The predicted octanol–water partition coefficient (Wildman–Crippen LogP) is 4.99. The summed E-state index contributed by atoms with van der Waals surface area (Å²) in [5, 5.41) is 0. The third kappa shape index (κ3) is 4.38. The Morgan fingerprint density at radius 3 is 1.26 bits per heavy atom. The maximum atomic E-state index is 13.6. The largest absolute Gasteiger partial charge is 0.368 e. The second-order valence-electron chi connectivity index (χ2n) is 7.50. The van der Waals surface area contributed by atoms with E-state index >= 15 is 0 Å². The number of hydrogen-bond donors (Lipinski definition) is 0. The molecule has 0 aromatic heterocycles. The Bertz CT molecular complexity index is 1060. The molecule has 0 aliphatic carbocycles. The second-order valence-corrected chi connectivity index (χ2v) is 7.50. The molecule has 154 valence electrons.